The molecule has 1 aromatic heterocycles. The van der Waals surface area contributed by atoms with Crippen LogP contribution in [-0.2, 0) is 6.54 Å². The number of halogens is 1. The number of anilines is 1. The van der Waals surface area contributed by atoms with Gasteiger partial charge in [-0.15, -0.1) is 23.1 Å². The second kappa shape index (κ2) is 6.28. The SMILES string of the molecule is CCSc1ccccc1NCc1cnc(Cl)s1. The molecule has 0 aliphatic heterocycles. The Hall–Kier alpha value is -0.710. The van der Waals surface area contributed by atoms with E-state index in [1.807, 2.05) is 24.0 Å². The third kappa shape index (κ3) is 3.63. The van der Waals surface area contributed by atoms with Crippen molar-refractivity contribution in [1.29, 1.82) is 0 Å². The maximum absolute atomic E-state index is 5.80. The number of thiazole rings is 1. The smallest absolute Gasteiger partial charge is 0.183 e. The number of hydrogen-bond donors (Lipinski definition) is 1. The van der Waals surface area contributed by atoms with Gasteiger partial charge in [0, 0.05) is 21.7 Å². The summed E-state index contributed by atoms with van der Waals surface area (Å²) in [4.78, 5) is 6.45. The van der Waals surface area contributed by atoms with Crippen LogP contribution in [0.5, 0.6) is 0 Å². The Morgan fingerprint density at radius 1 is 1.41 bits per heavy atom. The monoisotopic (exact) mass is 284 g/mol. The quantitative estimate of drug-likeness (QED) is 0.817. The number of aromatic nitrogens is 1. The maximum atomic E-state index is 5.80. The highest BCUT2D eigenvalue weighted by molar-refractivity contribution is 7.99. The van der Waals surface area contributed by atoms with E-state index in [9.17, 15) is 0 Å². The lowest BCUT2D eigenvalue weighted by molar-refractivity contribution is 1.15. The predicted molar refractivity (Wildman–Crippen MR) is 77.3 cm³/mol. The van der Waals surface area contributed by atoms with Gasteiger partial charge in [0.2, 0.25) is 0 Å². The summed E-state index contributed by atoms with van der Waals surface area (Å²) in [7, 11) is 0. The Morgan fingerprint density at radius 3 is 2.94 bits per heavy atom. The molecule has 17 heavy (non-hydrogen) atoms. The zero-order chi connectivity index (χ0) is 12.1. The van der Waals surface area contributed by atoms with Gasteiger partial charge in [0.1, 0.15) is 0 Å². The molecule has 5 heteroatoms. The van der Waals surface area contributed by atoms with Crippen LogP contribution in [0.1, 0.15) is 11.8 Å². The molecule has 0 atom stereocenters. The minimum atomic E-state index is 0.595. The van der Waals surface area contributed by atoms with Crippen molar-refractivity contribution in [2.45, 2.75) is 18.4 Å². The van der Waals surface area contributed by atoms with E-state index in [0.717, 1.165) is 17.2 Å². The highest BCUT2D eigenvalue weighted by Crippen LogP contribution is 2.27. The normalized spacial score (nSPS) is 10.5. The van der Waals surface area contributed by atoms with Crippen molar-refractivity contribution < 1.29 is 0 Å². The van der Waals surface area contributed by atoms with E-state index >= 15 is 0 Å². The van der Waals surface area contributed by atoms with Gasteiger partial charge in [-0.3, -0.25) is 0 Å². The summed E-state index contributed by atoms with van der Waals surface area (Å²) in [6.45, 7) is 2.93. The van der Waals surface area contributed by atoms with Gasteiger partial charge >= 0.3 is 0 Å². The molecule has 0 amide bonds. The average Bonchev–Trinajstić information content (AvgIpc) is 2.74. The van der Waals surface area contributed by atoms with Crippen LogP contribution in [0.15, 0.2) is 35.4 Å². The van der Waals surface area contributed by atoms with E-state index in [2.05, 4.69) is 35.4 Å². The van der Waals surface area contributed by atoms with Gasteiger partial charge in [-0.25, -0.2) is 4.98 Å². The van der Waals surface area contributed by atoms with Crippen LogP contribution in [0.3, 0.4) is 0 Å². The molecule has 0 unspecified atom stereocenters. The first-order valence-corrected chi connectivity index (χ1v) is 7.53. The fraction of sp³-hybridized carbons (Fsp3) is 0.250. The molecule has 0 aliphatic rings. The van der Waals surface area contributed by atoms with Crippen molar-refractivity contribution >= 4 is 40.4 Å². The average molecular weight is 285 g/mol. The molecule has 1 heterocycles. The van der Waals surface area contributed by atoms with Crippen molar-refractivity contribution in [3.05, 3.63) is 39.8 Å². The van der Waals surface area contributed by atoms with Gasteiger partial charge in [-0.2, -0.15) is 0 Å². The minimum absolute atomic E-state index is 0.595. The van der Waals surface area contributed by atoms with E-state index in [4.69, 9.17) is 11.6 Å². The fourth-order valence-corrected chi connectivity index (χ4v) is 3.14. The van der Waals surface area contributed by atoms with Crippen molar-refractivity contribution in [1.82, 2.24) is 4.98 Å². The van der Waals surface area contributed by atoms with Crippen LogP contribution in [0.25, 0.3) is 0 Å². The van der Waals surface area contributed by atoms with Crippen molar-refractivity contribution in [2.24, 2.45) is 0 Å². The number of para-hydroxylation sites is 1. The number of benzene rings is 1. The Balaban J connectivity index is 2.03. The van der Waals surface area contributed by atoms with Crippen molar-refractivity contribution in [2.75, 3.05) is 11.1 Å². The molecule has 1 aromatic carbocycles. The van der Waals surface area contributed by atoms with Gasteiger partial charge in [0.05, 0.1) is 6.54 Å². The van der Waals surface area contributed by atoms with Crippen LogP contribution in [0.2, 0.25) is 4.47 Å². The Bertz CT molecular complexity index is 485. The van der Waals surface area contributed by atoms with E-state index in [0.29, 0.717) is 4.47 Å². The zero-order valence-corrected chi connectivity index (χ0v) is 11.8. The van der Waals surface area contributed by atoms with Gasteiger partial charge in [0.15, 0.2) is 4.47 Å². The molecule has 0 aliphatic carbocycles. The molecule has 0 spiro atoms. The zero-order valence-electron chi connectivity index (χ0n) is 9.44. The van der Waals surface area contributed by atoms with Gasteiger partial charge in [-0.05, 0) is 17.9 Å². The molecule has 2 aromatic rings. The molecule has 2 nitrogen and oxygen atoms in total. The Labute approximate surface area is 114 Å². The van der Waals surface area contributed by atoms with Crippen molar-refractivity contribution in [3.63, 3.8) is 0 Å². The molecule has 0 fully saturated rings. The third-order valence-corrected chi connectivity index (χ3v) is 4.24. The van der Waals surface area contributed by atoms with Crippen LogP contribution in [0.4, 0.5) is 5.69 Å². The standard InChI is InChI=1S/C12H13ClN2S2/c1-2-16-11-6-4-3-5-10(11)14-7-9-8-15-12(13)17-9/h3-6,8,14H,2,7H2,1H3. The minimum Gasteiger partial charge on any atom is -0.379 e. The summed E-state index contributed by atoms with van der Waals surface area (Å²) in [5.41, 5.74) is 1.17. The van der Waals surface area contributed by atoms with Crippen LogP contribution in [0, 0.1) is 0 Å². The molecular formula is C12H13ClN2S2. The summed E-state index contributed by atoms with van der Waals surface area (Å²) in [5, 5.41) is 3.42. The van der Waals surface area contributed by atoms with Crippen LogP contribution < -0.4 is 5.32 Å². The van der Waals surface area contributed by atoms with E-state index in [-0.39, 0.29) is 0 Å². The lowest BCUT2D eigenvalue weighted by atomic mass is 10.3. The molecule has 0 radical (unpaired) electrons. The summed E-state index contributed by atoms with van der Waals surface area (Å²) >= 11 is 9.15. The lowest BCUT2D eigenvalue weighted by Crippen LogP contribution is -1.98. The molecule has 2 rings (SSSR count). The first-order chi connectivity index (χ1) is 8.29. The summed E-state index contributed by atoms with van der Waals surface area (Å²) < 4.78 is 0.595. The molecule has 0 bridgehead atoms. The van der Waals surface area contributed by atoms with Crippen LogP contribution >= 0.6 is 34.7 Å². The number of nitrogens with one attached hydrogen (secondary N) is 1. The van der Waals surface area contributed by atoms with E-state index in [1.54, 1.807) is 0 Å². The fourth-order valence-electron chi connectivity index (χ4n) is 1.44. The third-order valence-electron chi connectivity index (χ3n) is 2.17. The number of rotatable bonds is 5. The van der Waals surface area contributed by atoms with Gasteiger partial charge in [-0.1, -0.05) is 30.7 Å². The molecule has 90 valence electrons. The first kappa shape index (κ1) is 12.7. The number of hydrogen-bond acceptors (Lipinski definition) is 4. The highest BCUT2D eigenvalue weighted by Gasteiger charge is 2.03. The second-order valence-corrected chi connectivity index (χ2v) is 6.37. The molecule has 0 saturated heterocycles. The summed E-state index contributed by atoms with van der Waals surface area (Å²) in [6, 6.07) is 8.34. The summed E-state index contributed by atoms with van der Waals surface area (Å²) in [6.07, 6.45) is 1.82. The molecule has 0 saturated carbocycles. The van der Waals surface area contributed by atoms with Gasteiger partial charge in [0.25, 0.3) is 0 Å². The second-order valence-electron chi connectivity index (χ2n) is 3.36. The van der Waals surface area contributed by atoms with E-state index < -0.39 is 0 Å². The highest BCUT2D eigenvalue weighted by atomic mass is 35.5. The predicted octanol–water partition coefficient (Wildman–Crippen LogP) is 4.52. The number of nitrogens with zero attached hydrogens (tertiary/aromatic N) is 1. The largest absolute Gasteiger partial charge is 0.379 e. The van der Waals surface area contributed by atoms with E-state index in [1.165, 1.54) is 21.9 Å². The van der Waals surface area contributed by atoms with Crippen LogP contribution in [-0.4, -0.2) is 10.7 Å². The topological polar surface area (TPSA) is 24.9 Å². The molecular weight excluding hydrogens is 272 g/mol. The first-order valence-electron chi connectivity index (χ1n) is 5.35. The Morgan fingerprint density at radius 2 is 2.24 bits per heavy atom. The lowest BCUT2D eigenvalue weighted by Gasteiger charge is -2.09. The maximum Gasteiger partial charge on any atom is 0.183 e. The van der Waals surface area contributed by atoms with Crippen molar-refractivity contribution in [3.8, 4) is 0 Å². The van der Waals surface area contributed by atoms with Gasteiger partial charge < -0.3 is 5.32 Å². The summed E-state index contributed by atoms with van der Waals surface area (Å²) in [5.74, 6) is 1.07. The number of thioether (sulfide) groups is 1. The Kier molecular flexibility index (Phi) is 4.71. The molecule has 1 N–H and O–H groups in total.